The van der Waals surface area contributed by atoms with E-state index in [2.05, 4.69) is 20.4 Å². The summed E-state index contributed by atoms with van der Waals surface area (Å²) < 4.78 is 40.2. The van der Waals surface area contributed by atoms with Crippen LogP contribution in [-0.2, 0) is 19.6 Å². The molecule has 1 aromatic heterocycles. The van der Waals surface area contributed by atoms with Crippen molar-refractivity contribution < 1.29 is 27.5 Å². The van der Waals surface area contributed by atoms with Crippen molar-refractivity contribution in [3.8, 4) is 5.75 Å². The molecule has 1 amide bonds. The molecule has 40 heavy (non-hydrogen) atoms. The molecule has 216 valence electrons. The van der Waals surface area contributed by atoms with Crippen LogP contribution in [0.5, 0.6) is 5.75 Å². The summed E-state index contributed by atoms with van der Waals surface area (Å²) in [5.74, 6) is -1.68. The van der Waals surface area contributed by atoms with Gasteiger partial charge in [-0.2, -0.15) is 19.7 Å². The molecule has 13 nitrogen and oxygen atoms in total. The molecule has 0 radical (unpaired) electrons. The monoisotopic (exact) mass is 573 g/mol. The van der Waals surface area contributed by atoms with Crippen molar-refractivity contribution in [2.45, 2.75) is 64.0 Å². The first-order chi connectivity index (χ1) is 18.6. The number of ether oxygens (including phenoxy) is 2. The number of nitrogens with zero attached hydrogens (tertiary/aromatic N) is 4. The molecule has 0 aliphatic heterocycles. The summed E-state index contributed by atoms with van der Waals surface area (Å²) in [6, 6.07) is 10.9. The third-order valence-electron chi connectivity index (χ3n) is 5.90. The van der Waals surface area contributed by atoms with E-state index in [-0.39, 0.29) is 35.1 Å². The average molecular weight is 574 g/mol. The van der Waals surface area contributed by atoms with Crippen LogP contribution in [0.3, 0.4) is 0 Å². The van der Waals surface area contributed by atoms with Crippen molar-refractivity contribution in [2.75, 3.05) is 6.54 Å². The number of hydrogen-bond donors (Lipinski definition) is 3. The Bertz CT molecular complexity index is 1530. The van der Waals surface area contributed by atoms with Gasteiger partial charge in [0.1, 0.15) is 11.1 Å². The standard InChI is InChI=1S/C26H35N7O6S/c1-16(15-29-23(27)28)14-26(6,22(34)38-19-12-9-11-18-21(19)31-32-30-18)33(24(35)39-25(3,4)5)40(36,37)20-13-8-7-10-17(20)2/h7-13,16H,14-15H2,1-6H3,(H4,27,28,29)(H,30,31,32)/t16?,26-/m0/s1. The zero-order valence-electron chi connectivity index (χ0n) is 23.3. The molecule has 0 aliphatic rings. The Morgan fingerprint density at radius 2 is 1.75 bits per heavy atom. The number of benzene rings is 2. The van der Waals surface area contributed by atoms with E-state index < -0.39 is 39.1 Å². The number of fused-ring (bicyclic) bond motifs is 1. The minimum absolute atomic E-state index is 0.0248. The second-order valence-electron chi connectivity index (χ2n) is 10.7. The van der Waals surface area contributed by atoms with Crippen LogP contribution in [0.15, 0.2) is 52.4 Å². The number of guanidine groups is 1. The molecule has 0 saturated carbocycles. The fourth-order valence-electron chi connectivity index (χ4n) is 4.20. The second kappa shape index (κ2) is 11.5. The Balaban J connectivity index is 2.22. The number of aromatic amines is 1. The van der Waals surface area contributed by atoms with Gasteiger partial charge in [-0.3, -0.25) is 4.99 Å². The Morgan fingerprint density at radius 1 is 1.07 bits per heavy atom. The van der Waals surface area contributed by atoms with E-state index in [1.807, 2.05) is 0 Å². The third kappa shape index (κ3) is 6.68. The number of sulfonamides is 1. The van der Waals surface area contributed by atoms with Gasteiger partial charge in [0.2, 0.25) is 0 Å². The minimum atomic E-state index is -4.67. The maximum atomic E-state index is 14.2. The molecule has 0 spiro atoms. The fourth-order valence-corrected chi connectivity index (χ4v) is 6.04. The highest BCUT2D eigenvalue weighted by atomic mass is 32.2. The minimum Gasteiger partial charge on any atom is -0.443 e. The topological polar surface area (TPSA) is 196 Å². The van der Waals surface area contributed by atoms with Gasteiger partial charge >= 0.3 is 12.1 Å². The van der Waals surface area contributed by atoms with E-state index in [1.54, 1.807) is 58.9 Å². The maximum Gasteiger partial charge on any atom is 0.425 e. The van der Waals surface area contributed by atoms with Crippen LogP contribution in [0, 0.1) is 12.8 Å². The van der Waals surface area contributed by atoms with Gasteiger partial charge in [0.05, 0.1) is 4.90 Å². The lowest BCUT2D eigenvalue weighted by Gasteiger charge is -2.39. The van der Waals surface area contributed by atoms with Gasteiger partial charge in [-0.15, -0.1) is 0 Å². The van der Waals surface area contributed by atoms with Crippen molar-refractivity contribution in [3.05, 3.63) is 48.0 Å². The first-order valence-electron chi connectivity index (χ1n) is 12.5. The summed E-state index contributed by atoms with van der Waals surface area (Å²) in [7, 11) is -4.67. The molecule has 0 saturated heterocycles. The quantitative estimate of drug-likeness (QED) is 0.148. The first-order valence-corrected chi connectivity index (χ1v) is 13.9. The van der Waals surface area contributed by atoms with Crippen molar-refractivity contribution >= 4 is 39.1 Å². The molecule has 0 aliphatic carbocycles. The van der Waals surface area contributed by atoms with Gasteiger partial charge in [0.15, 0.2) is 22.8 Å². The average Bonchev–Trinajstić information content (AvgIpc) is 3.31. The van der Waals surface area contributed by atoms with Crippen LogP contribution in [0.1, 0.15) is 46.6 Å². The smallest absolute Gasteiger partial charge is 0.425 e. The molecule has 0 bridgehead atoms. The van der Waals surface area contributed by atoms with E-state index in [1.165, 1.54) is 25.1 Å². The summed E-state index contributed by atoms with van der Waals surface area (Å²) in [6.45, 7) is 9.43. The molecule has 0 fully saturated rings. The number of rotatable bonds is 9. The fraction of sp³-hybridized carbons (Fsp3) is 0.423. The lowest BCUT2D eigenvalue weighted by molar-refractivity contribution is -0.145. The molecule has 2 aromatic carbocycles. The summed E-state index contributed by atoms with van der Waals surface area (Å²) in [4.78, 5) is 31.6. The Labute approximate surface area is 233 Å². The molecular weight excluding hydrogens is 538 g/mol. The first kappa shape index (κ1) is 30.3. The van der Waals surface area contributed by atoms with Crippen LogP contribution in [0.4, 0.5) is 4.79 Å². The van der Waals surface area contributed by atoms with Crippen LogP contribution in [-0.4, -0.2) is 63.8 Å². The molecule has 5 N–H and O–H groups in total. The van der Waals surface area contributed by atoms with E-state index in [9.17, 15) is 18.0 Å². The van der Waals surface area contributed by atoms with E-state index in [0.29, 0.717) is 15.4 Å². The van der Waals surface area contributed by atoms with E-state index in [0.717, 1.165) is 0 Å². The normalized spacial score (nSPS) is 14.2. The van der Waals surface area contributed by atoms with Crippen LogP contribution < -0.4 is 16.2 Å². The number of aliphatic imine (C=N–C) groups is 1. The number of esters is 1. The van der Waals surface area contributed by atoms with E-state index >= 15 is 0 Å². The number of H-pyrrole nitrogens is 1. The van der Waals surface area contributed by atoms with E-state index in [4.69, 9.17) is 20.9 Å². The Kier molecular flexibility index (Phi) is 8.72. The number of amides is 1. The number of aryl methyl sites for hydroxylation is 1. The zero-order chi connectivity index (χ0) is 29.9. The second-order valence-corrected chi connectivity index (χ2v) is 12.5. The van der Waals surface area contributed by atoms with Gasteiger partial charge in [0, 0.05) is 6.54 Å². The number of hydrogen-bond acceptors (Lipinski definition) is 9. The molecule has 1 heterocycles. The molecule has 3 rings (SSSR count). The van der Waals surface area contributed by atoms with Crippen LogP contribution in [0.25, 0.3) is 11.0 Å². The highest BCUT2D eigenvalue weighted by molar-refractivity contribution is 7.89. The van der Waals surface area contributed by atoms with Crippen LogP contribution in [0.2, 0.25) is 0 Å². The Morgan fingerprint density at radius 3 is 2.38 bits per heavy atom. The van der Waals surface area contributed by atoms with Gasteiger partial charge in [-0.05, 0) is 70.7 Å². The number of para-hydroxylation sites is 1. The third-order valence-corrected chi connectivity index (χ3v) is 7.95. The highest BCUT2D eigenvalue weighted by Gasteiger charge is 2.53. The summed E-state index contributed by atoms with van der Waals surface area (Å²) >= 11 is 0. The van der Waals surface area contributed by atoms with Gasteiger partial charge in [-0.1, -0.05) is 31.2 Å². The van der Waals surface area contributed by atoms with Crippen molar-refractivity contribution in [3.63, 3.8) is 0 Å². The highest BCUT2D eigenvalue weighted by Crippen LogP contribution is 2.35. The summed E-state index contributed by atoms with van der Waals surface area (Å²) in [6.07, 6.45) is -1.45. The molecule has 1 unspecified atom stereocenters. The number of carbonyl (C=O) groups is 2. The van der Waals surface area contributed by atoms with Gasteiger partial charge in [0.25, 0.3) is 10.0 Å². The summed E-state index contributed by atoms with van der Waals surface area (Å²) in [5.41, 5.74) is 8.81. The largest absolute Gasteiger partial charge is 0.443 e. The molecule has 14 heteroatoms. The number of carbonyl (C=O) groups excluding carboxylic acids is 2. The number of nitrogens with two attached hydrogens (primary N) is 2. The maximum absolute atomic E-state index is 14.2. The van der Waals surface area contributed by atoms with Gasteiger partial charge in [-0.25, -0.2) is 18.0 Å². The molecule has 3 aromatic rings. The van der Waals surface area contributed by atoms with Crippen molar-refractivity contribution in [1.29, 1.82) is 0 Å². The van der Waals surface area contributed by atoms with Crippen LogP contribution >= 0.6 is 0 Å². The zero-order valence-corrected chi connectivity index (χ0v) is 24.2. The SMILES string of the molecule is Cc1ccccc1S(=O)(=O)N(C(=O)OC(C)(C)C)[C@@](C)(CC(C)CN=C(N)N)C(=O)Oc1cccc2n[nH]nc12. The predicted octanol–water partition coefficient (Wildman–Crippen LogP) is 2.86. The number of nitrogens with one attached hydrogen (secondary N) is 1. The Hall–Kier alpha value is -4.20. The predicted molar refractivity (Wildman–Crippen MR) is 149 cm³/mol. The van der Waals surface area contributed by atoms with Crippen molar-refractivity contribution in [1.82, 2.24) is 19.7 Å². The summed E-state index contributed by atoms with van der Waals surface area (Å²) in [5, 5.41) is 10.5. The number of aromatic nitrogens is 3. The molecular formula is C26H35N7O6S. The molecule has 2 atom stereocenters. The lowest BCUT2D eigenvalue weighted by atomic mass is 9.89. The van der Waals surface area contributed by atoms with Gasteiger partial charge < -0.3 is 20.9 Å². The lowest BCUT2D eigenvalue weighted by Crippen LogP contribution is -2.60. The van der Waals surface area contributed by atoms with Crippen molar-refractivity contribution in [2.24, 2.45) is 22.4 Å².